The predicted molar refractivity (Wildman–Crippen MR) is 91.4 cm³/mol. The van der Waals surface area contributed by atoms with Gasteiger partial charge in [0.25, 0.3) is 0 Å². The number of halogens is 9. The molecule has 29 heavy (non-hydrogen) atoms. The minimum Gasteiger partial charge on any atom is -0.203 e. The van der Waals surface area contributed by atoms with Gasteiger partial charge in [0, 0.05) is 11.1 Å². The first-order valence-corrected chi connectivity index (χ1v) is 8.46. The van der Waals surface area contributed by atoms with E-state index >= 15 is 0 Å². The Morgan fingerprint density at radius 1 is 0.655 bits per heavy atom. The van der Waals surface area contributed by atoms with Crippen LogP contribution in [-0.2, 0) is 5.31 Å². The van der Waals surface area contributed by atoms with E-state index in [0.717, 1.165) is 0 Å². The highest BCUT2D eigenvalue weighted by Crippen LogP contribution is 2.44. The molecule has 0 nitrogen and oxygen atoms in total. The van der Waals surface area contributed by atoms with Gasteiger partial charge in [0.15, 0.2) is 46.5 Å². The lowest BCUT2D eigenvalue weighted by Crippen LogP contribution is -2.28. The Bertz CT molecular complexity index is 971. The molecule has 10 heteroatoms. The zero-order chi connectivity index (χ0) is 22.3. The van der Waals surface area contributed by atoms with Crippen LogP contribution in [0.5, 0.6) is 0 Å². The summed E-state index contributed by atoms with van der Waals surface area (Å²) in [5.74, 6) is -21.3. The van der Waals surface area contributed by atoms with Gasteiger partial charge in [0.1, 0.15) is 7.85 Å². The number of hydrogen-bond acceptors (Lipinski definition) is 0. The van der Waals surface area contributed by atoms with Crippen LogP contribution in [0.15, 0.2) is 12.2 Å². The topological polar surface area (TPSA) is 0 Å². The van der Waals surface area contributed by atoms with Crippen molar-refractivity contribution in [3.05, 3.63) is 70.1 Å². The summed E-state index contributed by atoms with van der Waals surface area (Å²) in [5.41, 5.74) is -4.50. The number of benzene rings is 2. The van der Waals surface area contributed by atoms with Crippen molar-refractivity contribution in [3.63, 3.8) is 0 Å². The third-order valence-electron chi connectivity index (χ3n) is 4.60. The minimum absolute atomic E-state index is 0.0405. The molecule has 0 heterocycles. The van der Waals surface area contributed by atoms with Crippen molar-refractivity contribution < 1.29 is 39.5 Å². The zero-order valence-corrected chi connectivity index (χ0v) is 15.5. The first-order valence-electron chi connectivity index (χ1n) is 8.46. The van der Waals surface area contributed by atoms with Crippen molar-refractivity contribution in [2.45, 2.75) is 32.0 Å². The fourth-order valence-corrected chi connectivity index (χ4v) is 3.41. The highest BCUT2D eigenvalue weighted by atomic mass is 19.2. The summed E-state index contributed by atoms with van der Waals surface area (Å²) in [4.78, 5) is 0. The van der Waals surface area contributed by atoms with E-state index in [2.05, 4.69) is 0 Å². The summed E-state index contributed by atoms with van der Waals surface area (Å²) in [5, 5.41) is -1.65. The van der Waals surface area contributed by atoms with Crippen molar-refractivity contribution in [2.75, 3.05) is 0 Å². The number of allylic oxidation sites excluding steroid dienone is 2. The molecule has 2 rings (SSSR count). The summed E-state index contributed by atoms with van der Waals surface area (Å²) in [6, 6.07) is 0. The lowest BCUT2D eigenvalue weighted by Gasteiger charge is -2.30. The molecule has 0 saturated heterocycles. The number of hydrogen-bond donors (Lipinski definition) is 0. The van der Waals surface area contributed by atoms with Crippen LogP contribution in [0.3, 0.4) is 0 Å². The smallest absolute Gasteiger partial charge is 0.200 e. The van der Waals surface area contributed by atoms with Crippen LogP contribution in [0, 0.1) is 52.4 Å². The highest BCUT2D eigenvalue weighted by Gasteiger charge is 2.39. The quantitative estimate of drug-likeness (QED) is 0.187. The van der Waals surface area contributed by atoms with E-state index in [4.69, 9.17) is 0 Å². The van der Waals surface area contributed by atoms with Gasteiger partial charge in [-0.05, 0) is 18.7 Å². The largest absolute Gasteiger partial charge is 0.203 e. The summed E-state index contributed by atoms with van der Waals surface area (Å²) in [7, 11) is 1.24. The Morgan fingerprint density at radius 3 is 1.45 bits per heavy atom. The molecule has 0 saturated carbocycles. The predicted octanol–water partition coefficient (Wildman–Crippen LogP) is 5.81. The van der Waals surface area contributed by atoms with E-state index in [-0.39, 0.29) is 12.8 Å². The molecule has 0 aliphatic carbocycles. The van der Waals surface area contributed by atoms with E-state index in [1.807, 2.05) is 0 Å². The molecule has 1 atom stereocenters. The standard InChI is InChI=1S/C19H14BF9/c1-3-5-19(20,6-4-2)9-7(10(21)14(25)17(28)13(9)24)8-11(22)15(26)18(29)16(27)12(8)23/h3,5H,4,6,20H2,1-2H3/b5-3-. The molecule has 1 unspecified atom stereocenters. The van der Waals surface area contributed by atoms with E-state index in [0.29, 0.717) is 0 Å². The van der Waals surface area contributed by atoms with E-state index < -0.39 is 74.4 Å². The molecule has 2 aromatic carbocycles. The van der Waals surface area contributed by atoms with Gasteiger partial charge >= 0.3 is 0 Å². The molecular formula is C19H14BF9. The summed E-state index contributed by atoms with van der Waals surface area (Å²) in [6.07, 6.45) is 2.82. The molecule has 0 radical (unpaired) electrons. The van der Waals surface area contributed by atoms with Crippen LogP contribution < -0.4 is 0 Å². The van der Waals surface area contributed by atoms with Gasteiger partial charge in [-0.15, -0.1) is 0 Å². The molecule has 0 fully saturated rings. The molecule has 0 aliphatic heterocycles. The van der Waals surface area contributed by atoms with Crippen molar-refractivity contribution >= 4 is 7.85 Å². The average molecular weight is 424 g/mol. The molecule has 0 amide bonds. The SMILES string of the molecule is BC(/C=C\C)(CCC)c1c(F)c(F)c(F)c(F)c1-c1c(F)c(F)c(F)c(F)c1F. The Morgan fingerprint density at radius 2 is 1.03 bits per heavy atom. The molecule has 0 N–H and O–H groups in total. The molecule has 0 aliphatic rings. The highest BCUT2D eigenvalue weighted by molar-refractivity contribution is 6.18. The van der Waals surface area contributed by atoms with Gasteiger partial charge in [0.05, 0.1) is 5.56 Å². The van der Waals surface area contributed by atoms with Crippen LogP contribution in [-0.4, -0.2) is 7.85 Å². The van der Waals surface area contributed by atoms with Crippen molar-refractivity contribution in [3.8, 4) is 11.1 Å². The maximum Gasteiger partial charge on any atom is 0.200 e. The van der Waals surface area contributed by atoms with Gasteiger partial charge in [-0.3, -0.25) is 0 Å². The molecule has 0 spiro atoms. The van der Waals surface area contributed by atoms with Crippen molar-refractivity contribution in [1.82, 2.24) is 0 Å². The van der Waals surface area contributed by atoms with Gasteiger partial charge in [0.2, 0.25) is 5.82 Å². The summed E-state index contributed by atoms with van der Waals surface area (Å²) >= 11 is 0. The zero-order valence-electron chi connectivity index (χ0n) is 15.5. The molecule has 2 aromatic rings. The van der Waals surface area contributed by atoms with Crippen molar-refractivity contribution in [2.24, 2.45) is 0 Å². The Kier molecular flexibility index (Phi) is 6.44. The Hall–Kier alpha value is -2.39. The first kappa shape index (κ1) is 22.9. The van der Waals surface area contributed by atoms with Crippen LogP contribution in [0.2, 0.25) is 0 Å². The monoisotopic (exact) mass is 424 g/mol. The normalized spacial score (nSPS) is 13.9. The van der Waals surface area contributed by atoms with Crippen molar-refractivity contribution in [1.29, 1.82) is 0 Å². The van der Waals surface area contributed by atoms with Gasteiger partial charge < -0.3 is 0 Å². The van der Waals surface area contributed by atoms with Crippen LogP contribution in [0.25, 0.3) is 11.1 Å². The average Bonchev–Trinajstić information content (AvgIpc) is 2.67. The lowest BCUT2D eigenvalue weighted by molar-refractivity contribution is 0.377. The third kappa shape index (κ3) is 3.53. The first-order chi connectivity index (χ1) is 13.4. The van der Waals surface area contributed by atoms with E-state index in [1.54, 1.807) is 6.92 Å². The summed E-state index contributed by atoms with van der Waals surface area (Å²) < 4.78 is 127. The molecule has 0 aromatic heterocycles. The van der Waals surface area contributed by atoms with Crippen LogP contribution in [0.4, 0.5) is 39.5 Å². The maximum atomic E-state index is 14.8. The Balaban J connectivity index is 3.17. The number of rotatable bonds is 5. The second kappa shape index (κ2) is 8.16. The molecule has 156 valence electrons. The van der Waals surface area contributed by atoms with Crippen LogP contribution in [0.1, 0.15) is 32.3 Å². The lowest BCUT2D eigenvalue weighted by atomic mass is 9.59. The fourth-order valence-electron chi connectivity index (χ4n) is 3.41. The molecular weight excluding hydrogens is 410 g/mol. The van der Waals surface area contributed by atoms with Gasteiger partial charge in [-0.1, -0.05) is 25.5 Å². The van der Waals surface area contributed by atoms with Gasteiger partial charge in [-0.2, -0.15) is 0 Å². The van der Waals surface area contributed by atoms with Gasteiger partial charge in [-0.25, -0.2) is 39.5 Å². The van der Waals surface area contributed by atoms with E-state index in [1.165, 1.54) is 26.9 Å². The maximum absolute atomic E-state index is 14.8. The van der Waals surface area contributed by atoms with Crippen LogP contribution >= 0.6 is 0 Å². The molecule has 0 bridgehead atoms. The van der Waals surface area contributed by atoms with E-state index in [9.17, 15) is 39.5 Å². The second-order valence-corrected chi connectivity index (χ2v) is 6.62. The minimum atomic E-state index is -2.53. The Labute approximate surface area is 161 Å². The summed E-state index contributed by atoms with van der Waals surface area (Å²) in [6.45, 7) is 3.06. The second-order valence-electron chi connectivity index (χ2n) is 6.62. The fraction of sp³-hybridized carbons (Fsp3) is 0.263. The third-order valence-corrected chi connectivity index (χ3v) is 4.60.